The summed E-state index contributed by atoms with van der Waals surface area (Å²) in [4.78, 5) is 54.5. The second-order valence-corrected chi connectivity index (χ2v) is 12.3. The third kappa shape index (κ3) is 8.45. The molecule has 0 saturated carbocycles. The Bertz CT molecular complexity index is 1260. The first-order chi connectivity index (χ1) is 18.3. The van der Waals surface area contributed by atoms with Gasteiger partial charge in [-0.05, 0) is 90.6 Å². The summed E-state index contributed by atoms with van der Waals surface area (Å²) in [7, 11) is 0. The van der Waals surface area contributed by atoms with Gasteiger partial charge in [-0.1, -0.05) is 41.9 Å². The summed E-state index contributed by atoms with van der Waals surface area (Å²) in [6.45, 7) is 15.9. The van der Waals surface area contributed by atoms with Gasteiger partial charge < -0.3 is 26.0 Å². The van der Waals surface area contributed by atoms with E-state index in [4.69, 9.17) is 22.1 Å². The van der Waals surface area contributed by atoms with Gasteiger partial charge in [0.05, 0.1) is 17.1 Å². The summed E-state index contributed by atoms with van der Waals surface area (Å²) >= 11 is 6.42. The SMILES string of the molecule is Cc1cccc(C(C(=O)Nc2c(C)cccc2Cl)N(C(=O)C(CC(N)=O)NC(=O)OC(C)(C)C)C(C)(C)C)c1C. The number of hydrogen-bond donors (Lipinski definition) is 3. The van der Waals surface area contributed by atoms with Crippen LogP contribution in [-0.2, 0) is 19.1 Å². The molecule has 2 atom stereocenters. The number of rotatable bonds is 8. The lowest BCUT2D eigenvalue weighted by Gasteiger charge is -2.43. The van der Waals surface area contributed by atoms with E-state index in [0.717, 1.165) is 16.7 Å². The van der Waals surface area contributed by atoms with Gasteiger partial charge in [0.25, 0.3) is 5.91 Å². The largest absolute Gasteiger partial charge is 0.444 e. The van der Waals surface area contributed by atoms with Crippen LogP contribution in [0.4, 0.5) is 10.5 Å². The zero-order chi connectivity index (χ0) is 30.6. The van der Waals surface area contributed by atoms with E-state index in [2.05, 4.69) is 10.6 Å². The van der Waals surface area contributed by atoms with Crippen molar-refractivity contribution in [1.82, 2.24) is 10.2 Å². The highest BCUT2D eigenvalue weighted by Gasteiger charge is 2.43. The van der Waals surface area contributed by atoms with Crippen LogP contribution in [0, 0.1) is 20.8 Å². The molecule has 0 aliphatic carbocycles. The minimum atomic E-state index is -1.38. The first-order valence-corrected chi connectivity index (χ1v) is 13.4. The number of primary amides is 1. The van der Waals surface area contributed by atoms with Crippen molar-refractivity contribution in [2.24, 2.45) is 5.73 Å². The van der Waals surface area contributed by atoms with Gasteiger partial charge in [-0.3, -0.25) is 14.4 Å². The fourth-order valence-corrected chi connectivity index (χ4v) is 4.58. The van der Waals surface area contributed by atoms with E-state index in [9.17, 15) is 19.2 Å². The minimum Gasteiger partial charge on any atom is -0.444 e. The summed E-state index contributed by atoms with van der Waals surface area (Å²) in [6.07, 6.45) is -1.38. The zero-order valence-electron chi connectivity index (χ0n) is 24.8. The molecule has 2 aromatic rings. The fourth-order valence-electron chi connectivity index (χ4n) is 4.31. The molecule has 4 N–H and O–H groups in total. The third-order valence-electron chi connectivity index (χ3n) is 6.27. The number of alkyl carbamates (subject to hydrolysis) is 1. The van der Waals surface area contributed by atoms with Crippen LogP contribution < -0.4 is 16.4 Å². The number of carbonyl (C=O) groups is 4. The van der Waals surface area contributed by atoms with Crippen LogP contribution in [0.5, 0.6) is 0 Å². The highest BCUT2D eigenvalue weighted by atomic mass is 35.5. The molecular weight excluding hydrogens is 532 g/mol. The molecule has 0 spiro atoms. The maximum Gasteiger partial charge on any atom is 0.408 e. The van der Waals surface area contributed by atoms with Crippen LogP contribution >= 0.6 is 11.6 Å². The van der Waals surface area contributed by atoms with Crippen LogP contribution in [0.2, 0.25) is 5.02 Å². The molecule has 0 fully saturated rings. The lowest BCUT2D eigenvalue weighted by atomic mass is 9.91. The van der Waals surface area contributed by atoms with Gasteiger partial charge in [0.1, 0.15) is 17.7 Å². The molecule has 0 bridgehead atoms. The van der Waals surface area contributed by atoms with E-state index < -0.39 is 53.5 Å². The van der Waals surface area contributed by atoms with Crippen LogP contribution in [-0.4, -0.2) is 45.9 Å². The normalized spacial score (nSPS) is 13.2. The second-order valence-electron chi connectivity index (χ2n) is 11.9. The maximum atomic E-state index is 14.3. The highest BCUT2D eigenvalue weighted by molar-refractivity contribution is 6.34. The molecule has 0 aromatic heterocycles. The Morgan fingerprint density at radius 2 is 1.52 bits per heavy atom. The molecule has 0 heterocycles. The van der Waals surface area contributed by atoms with Crippen molar-refractivity contribution < 1.29 is 23.9 Å². The van der Waals surface area contributed by atoms with Gasteiger partial charge in [-0.2, -0.15) is 0 Å². The minimum absolute atomic E-state index is 0.347. The predicted molar refractivity (Wildman–Crippen MR) is 157 cm³/mol. The van der Waals surface area contributed by atoms with Crippen LogP contribution in [0.1, 0.15) is 76.3 Å². The number of hydrogen-bond acceptors (Lipinski definition) is 5. The highest BCUT2D eigenvalue weighted by Crippen LogP contribution is 2.35. The number of halogens is 1. The van der Waals surface area contributed by atoms with E-state index >= 15 is 0 Å². The number of amides is 4. The summed E-state index contributed by atoms with van der Waals surface area (Å²) < 4.78 is 5.33. The number of carbonyl (C=O) groups excluding carboxylic acids is 4. The molecule has 40 heavy (non-hydrogen) atoms. The number of ether oxygens (including phenoxy) is 1. The Labute approximate surface area is 241 Å². The van der Waals surface area contributed by atoms with Crippen LogP contribution in [0.3, 0.4) is 0 Å². The number of nitrogens with zero attached hydrogens (tertiary/aromatic N) is 1. The van der Waals surface area contributed by atoms with E-state index in [0.29, 0.717) is 16.3 Å². The molecule has 218 valence electrons. The molecule has 10 heteroatoms. The first-order valence-electron chi connectivity index (χ1n) is 13.1. The molecule has 2 rings (SSSR count). The number of nitrogens with two attached hydrogens (primary N) is 1. The van der Waals surface area contributed by atoms with Crippen LogP contribution in [0.15, 0.2) is 36.4 Å². The average Bonchev–Trinajstić information content (AvgIpc) is 2.78. The van der Waals surface area contributed by atoms with Crippen molar-refractivity contribution in [2.45, 2.75) is 92.0 Å². The smallest absolute Gasteiger partial charge is 0.408 e. The Balaban J connectivity index is 2.71. The second kappa shape index (κ2) is 12.7. The number of benzene rings is 2. The van der Waals surface area contributed by atoms with E-state index in [1.807, 2.05) is 39.0 Å². The van der Waals surface area contributed by atoms with E-state index in [-0.39, 0.29) is 0 Å². The standard InChI is InChI=1S/C30H41ClN4O5/c1-17-12-10-14-20(19(17)3)25(26(37)34-24-18(2)13-11-15-21(24)31)35(29(4,5)6)27(38)22(16-23(32)36)33-28(39)40-30(7,8)9/h10-15,22,25H,16H2,1-9H3,(H2,32,36)(H,33,39)(H,34,37). The van der Waals surface area contributed by atoms with Crippen molar-refractivity contribution in [3.05, 3.63) is 63.7 Å². The summed E-state index contributed by atoms with van der Waals surface area (Å²) in [5.74, 6) is -1.99. The molecule has 4 amide bonds. The molecule has 9 nitrogen and oxygen atoms in total. The molecule has 0 aliphatic rings. The number of nitrogens with one attached hydrogen (secondary N) is 2. The number of aryl methyl sites for hydroxylation is 2. The van der Waals surface area contributed by atoms with Crippen molar-refractivity contribution in [3.8, 4) is 0 Å². The van der Waals surface area contributed by atoms with Gasteiger partial charge in [0.2, 0.25) is 11.8 Å². The maximum absolute atomic E-state index is 14.3. The molecular formula is C30H41ClN4O5. The summed E-state index contributed by atoms with van der Waals surface area (Å²) in [5.41, 5.74) is 7.16. The average molecular weight is 573 g/mol. The number of anilines is 1. The van der Waals surface area contributed by atoms with Crippen molar-refractivity contribution in [2.75, 3.05) is 5.32 Å². The summed E-state index contributed by atoms with van der Waals surface area (Å²) in [6, 6.07) is 8.22. The fraction of sp³-hybridized carbons (Fsp3) is 0.467. The monoisotopic (exact) mass is 572 g/mol. The molecule has 2 unspecified atom stereocenters. The molecule has 0 aliphatic heterocycles. The molecule has 0 radical (unpaired) electrons. The van der Waals surface area contributed by atoms with Crippen LogP contribution in [0.25, 0.3) is 0 Å². The Morgan fingerprint density at radius 3 is 2.05 bits per heavy atom. The van der Waals surface area contributed by atoms with Gasteiger partial charge in [-0.15, -0.1) is 0 Å². The quantitative estimate of drug-likeness (QED) is 0.393. The van der Waals surface area contributed by atoms with Crippen molar-refractivity contribution >= 4 is 41.1 Å². The molecule has 0 saturated heterocycles. The number of para-hydroxylation sites is 1. The lowest BCUT2D eigenvalue weighted by molar-refractivity contribution is -0.147. The molecule has 2 aromatic carbocycles. The zero-order valence-corrected chi connectivity index (χ0v) is 25.5. The Hall–Kier alpha value is -3.59. The third-order valence-corrected chi connectivity index (χ3v) is 6.59. The Morgan fingerprint density at radius 1 is 0.950 bits per heavy atom. The van der Waals surface area contributed by atoms with Gasteiger partial charge in [0.15, 0.2) is 0 Å². The van der Waals surface area contributed by atoms with Crippen molar-refractivity contribution in [1.29, 1.82) is 0 Å². The van der Waals surface area contributed by atoms with Crippen molar-refractivity contribution in [3.63, 3.8) is 0 Å². The Kier molecular flexibility index (Phi) is 10.4. The van der Waals surface area contributed by atoms with Gasteiger partial charge in [0, 0.05) is 5.54 Å². The topological polar surface area (TPSA) is 131 Å². The first kappa shape index (κ1) is 32.6. The van der Waals surface area contributed by atoms with E-state index in [1.54, 1.807) is 59.7 Å². The summed E-state index contributed by atoms with van der Waals surface area (Å²) in [5, 5.41) is 5.75. The lowest BCUT2D eigenvalue weighted by Crippen LogP contribution is -2.58. The van der Waals surface area contributed by atoms with E-state index in [1.165, 1.54) is 4.90 Å². The van der Waals surface area contributed by atoms with Gasteiger partial charge in [-0.25, -0.2) is 4.79 Å². The van der Waals surface area contributed by atoms with Gasteiger partial charge >= 0.3 is 6.09 Å². The predicted octanol–water partition coefficient (Wildman–Crippen LogP) is 5.34.